The number of imidazole rings is 1. The third-order valence-corrected chi connectivity index (χ3v) is 4.15. The van der Waals surface area contributed by atoms with E-state index in [0.29, 0.717) is 18.7 Å². The molecule has 0 saturated heterocycles. The van der Waals surface area contributed by atoms with Crippen molar-refractivity contribution in [2.24, 2.45) is 5.18 Å². The summed E-state index contributed by atoms with van der Waals surface area (Å²) < 4.78 is 3.51. The molecule has 1 aromatic carbocycles. The highest BCUT2D eigenvalue weighted by Crippen LogP contribution is 2.14. The molecule has 3 aromatic rings. The van der Waals surface area contributed by atoms with Gasteiger partial charge in [0.05, 0.1) is 12.9 Å². The number of nitrogens with zero attached hydrogens (tertiary/aromatic N) is 4. The zero-order valence-corrected chi connectivity index (χ0v) is 14.4. The summed E-state index contributed by atoms with van der Waals surface area (Å²) >= 11 is 0. The molecule has 0 bridgehead atoms. The van der Waals surface area contributed by atoms with E-state index in [1.807, 2.05) is 41.1 Å². The summed E-state index contributed by atoms with van der Waals surface area (Å²) in [5.74, 6) is 0. The molecule has 2 aromatic heterocycles. The summed E-state index contributed by atoms with van der Waals surface area (Å²) in [6.45, 7) is 2.49. The molecule has 0 aliphatic rings. The lowest BCUT2D eigenvalue weighted by Gasteiger charge is -2.10. The van der Waals surface area contributed by atoms with Crippen LogP contribution in [0.2, 0.25) is 0 Å². The lowest BCUT2D eigenvalue weighted by atomic mass is 10.2. The van der Waals surface area contributed by atoms with E-state index < -0.39 is 0 Å². The van der Waals surface area contributed by atoms with Crippen LogP contribution in [0.25, 0.3) is 0 Å². The molecule has 2 heterocycles. The Kier molecular flexibility index (Phi) is 6.05. The Balaban J connectivity index is 1.60. The third kappa shape index (κ3) is 4.52. The van der Waals surface area contributed by atoms with Gasteiger partial charge in [-0.1, -0.05) is 30.3 Å². The molecule has 26 heavy (non-hydrogen) atoms. The molecule has 134 valence electrons. The largest absolute Gasteiger partial charge is 0.337 e. The fraction of sp³-hybridized carbons (Fsp3) is 0.263. The van der Waals surface area contributed by atoms with Crippen LogP contribution in [0.1, 0.15) is 17.5 Å². The van der Waals surface area contributed by atoms with E-state index in [0.717, 1.165) is 25.1 Å². The first kappa shape index (κ1) is 17.8. The Morgan fingerprint density at radius 1 is 1.12 bits per heavy atom. The van der Waals surface area contributed by atoms with Crippen LogP contribution in [0.15, 0.2) is 71.3 Å². The van der Waals surface area contributed by atoms with E-state index >= 15 is 0 Å². The van der Waals surface area contributed by atoms with Gasteiger partial charge in [0, 0.05) is 37.2 Å². The molecule has 7 heteroatoms. The van der Waals surface area contributed by atoms with Crippen LogP contribution in [0.3, 0.4) is 0 Å². The number of benzene rings is 1. The van der Waals surface area contributed by atoms with Gasteiger partial charge in [0.1, 0.15) is 0 Å². The van der Waals surface area contributed by atoms with Crippen molar-refractivity contribution in [2.75, 3.05) is 6.54 Å². The van der Waals surface area contributed by atoms with Gasteiger partial charge in [0.15, 0.2) is 5.69 Å². The number of aromatic nitrogens is 3. The van der Waals surface area contributed by atoms with Gasteiger partial charge >= 0.3 is 0 Å². The average Bonchev–Trinajstić information content (AvgIpc) is 3.18. The van der Waals surface area contributed by atoms with E-state index in [1.165, 1.54) is 4.57 Å². The highest BCUT2D eigenvalue weighted by molar-refractivity contribution is 5.43. The topological polar surface area (TPSA) is 81.3 Å². The SMILES string of the molecule is O=Nc1c(CNCCCn2ccnc2)ccn(Cc2ccccc2)c1=O. The summed E-state index contributed by atoms with van der Waals surface area (Å²) in [6.07, 6.45) is 8.08. The van der Waals surface area contributed by atoms with Crippen molar-refractivity contribution in [3.8, 4) is 0 Å². The summed E-state index contributed by atoms with van der Waals surface area (Å²) in [5, 5.41) is 6.23. The van der Waals surface area contributed by atoms with Crippen LogP contribution in [0.5, 0.6) is 0 Å². The van der Waals surface area contributed by atoms with Gasteiger partial charge < -0.3 is 14.5 Å². The molecule has 0 aliphatic carbocycles. The first-order valence-corrected chi connectivity index (χ1v) is 8.54. The van der Waals surface area contributed by atoms with E-state index in [2.05, 4.69) is 15.5 Å². The summed E-state index contributed by atoms with van der Waals surface area (Å²) in [4.78, 5) is 27.7. The number of pyridine rings is 1. The highest BCUT2D eigenvalue weighted by atomic mass is 16.3. The quantitative estimate of drug-likeness (QED) is 0.475. The van der Waals surface area contributed by atoms with Crippen molar-refractivity contribution < 1.29 is 0 Å². The molecular formula is C19H21N5O2. The van der Waals surface area contributed by atoms with Gasteiger partial charge in [0.25, 0.3) is 5.56 Å². The number of hydrogen-bond acceptors (Lipinski definition) is 5. The molecule has 0 atom stereocenters. The Hall–Kier alpha value is -3.06. The maximum Gasteiger partial charge on any atom is 0.280 e. The van der Waals surface area contributed by atoms with Crippen molar-refractivity contribution in [3.05, 3.63) is 87.7 Å². The molecule has 1 N–H and O–H groups in total. The molecule has 0 fully saturated rings. The lowest BCUT2D eigenvalue weighted by Crippen LogP contribution is -2.23. The van der Waals surface area contributed by atoms with Crippen molar-refractivity contribution >= 4 is 5.69 Å². The first-order chi connectivity index (χ1) is 12.8. The number of hydrogen-bond donors (Lipinski definition) is 1. The van der Waals surface area contributed by atoms with Gasteiger partial charge in [-0.2, -0.15) is 0 Å². The van der Waals surface area contributed by atoms with Crippen LogP contribution in [-0.4, -0.2) is 20.7 Å². The Morgan fingerprint density at radius 2 is 1.96 bits per heavy atom. The maximum absolute atomic E-state index is 12.5. The second kappa shape index (κ2) is 8.87. The minimum Gasteiger partial charge on any atom is -0.337 e. The average molecular weight is 351 g/mol. The minimum absolute atomic E-state index is 0.0226. The van der Waals surface area contributed by atoms with E-state index in [4.69, 9.17) is 0 Å². The molecule has 0 radical (unpaired) electrons. The van der Waals surface area contributed by atoms with E-state index in [-0.39, 0.29) is 11.2 Å². The fourth-order valence-electron chi connectivity index (χ4n) is 2.77. The van der Waals surface area contributed by atoms with Crippen LogP contribution in [-0.2, 0) is 19.6 Å². The summed E-state index contributed by atoms with van der Waals surface area (Å²) in [6, 6.07) is 11.4. The van der Waals surface area contributed by atoms with Gasteiger partial charge in [-0.15, -0.1) is 4.91 Å². The van der Waals surface area contributed by atoms with Crippen molar-refractivity contribution in [1.29, 1.82) is 0 Å². The predicted octanol–water partition coefficient (Wildman–Crippen LogP) is 2.67. The molecule has 7 nitrogen and oxygen atoms in total. The third-order valence-electron chi connectivity index (χ3n) is 4.15. The molecule has 0 spiro atoms. The van der Waals surface area contributed by atoms with Crippen LogP contribution in [0.4, 0.5) is 5.69 Å². The normalized spacial score (nSPS) is 10.8. The van der Waals surface area contributed by atoms with Crippen LogP contribution >= 0.6 is 0 Å². The van der Waals surface area contributed by atoms with Gasteiger partial charge in [-0.05, 0) is 29.8 Å². The molecule has 0 aliphatic heterocycles. The van der Waals surface area contributed by atoms with Crippen LogP contribution in [0, 0.1) is 4.91 Å². The smallest absolute Gasteiger partial charge is 0.280 e. The molecule has 0 unspecified atom stereocenters. The zero-order valence-electron chi connectivity index (χ0n) is 14.4. The zero-order chi connectivity index (χ0) is 18.2. The minimum atomic E-state index is -0.360. The van der Waals surface area contributed by atoms with Crippen molar-refractivity contribution in [2.45, 2.75) is 26.1 Å². The lowest BCUT2D eigenvalue weighted by molar-refractivity contribution is 0.580. The molecule has 3 rings (SSSR count). The summed E-state index contributed by atoms with van der Waals surface area (Å²) in [7, 11) is 0. The van der Waals surface area contributed by atoms with Crippen molar-refractivity contribution in [3.63, 3.8) is 0 Å². The van der Waals surface area contributed by atoms with Gasteiger partial charge in [-0.3, -0.25) is 4.79 Å². The fourth-order valence-corrected chi connectivity index (χ4v) is 2.77. The van der Waals surface area contributed by atoms with Gasteiger partial charge in [0.2, 0.25) is 0 Å². The predicted molar refractivity (Wildman–Crippen MR) is 100 cm³/mol. The monoisotopic (exact) mass is 351 g/mol. The number of rotatable bonds is 9. The molecule has 0 saturated carbocycles. The number of nitrogens with one attached hydrogen (secondary N) is 1. The van der Waals surface area contributed by atoms with E-state index in [1.54, 1.807) is 24.8 Å². The van der Waals surface area contributed by atoms with Gasteiger partial charge in [-0.25, -0.2) is 4.98 Å². The summed E-state index contributed by atoms with van der Waals surface area (Å²) in [5.41, 5.74) is 1.24. The highest BCUT2D eigenvalue weighted by Gasteiger charge is 2.11. The maximum atomic E-state index is 12.5. The second-order valence-corrected chi connectivity index (χ2v) is 6.03. The van der Waals surface area contributed by atoms with Crippen molar-refractivity contribution in [1.82, 2.24) is 19.4 Å². The molecular weight excluding hydrogens is 330 g/mol. The first-order valence-electron chi connectivity index (χ1n) is 8.54. The molecule has 0 amide bonds. The standard InChI is InChI=1S/C19H21N5O2/c25-19-18(22-26)17(13-20-8-4-10-23-12-9-21-15-23)7-11-24(19)14-16-5-2-1-3-6-16/h1-3,5-7,9,11-12,15,20H,4,8,10,13-14H2. The number of nitroso groups, excluding NO2 is 1. The Morgan fingerprint density at radius 3 is 2.69 bits per heavy atom. The van der Waals surface area contributed by atoms with Crippen LogP contribution < -0.4 is 10.9 Å². The Bertz CT molecular complexity index is 888. The second-order valence-electron chi connectivity index (χ2n) is 6.03. The Labute approximate surface area is 151 Å². The number of aryl methyl sites for hydroxylation is 1. The van der Waals surface area contributed by atoms with E-state index in [9.17, 15) is 9.70 Å².